The van der Waals surface area contributed by atoms with Crippen LogP contribution in [0.5, 0.6) is 0 Å². The maximum atomic E-state index is 5.55. The fourth-order valence-electron chi connectivity index (χ4n) is 2.32. The summed E-state index contributed by atoms with van der Waals surface area (Å²) in [5, 5.41) is 3.58. The van der Waals surface area contributed by atoms with Crippen molar-refractivity contribution in [3.8, 4) is 12.3 Å². The minimum absolute atomic E-state index is 0.318. The average molecular weight is 208 g/mol. The molecule has 0 aromatic heterocycles. The molecule has 0 bridgehead atoms. The predicted molar refractivity (Wildman–Crippen MR) is 65.8 cm³/mol. The molecule has 1 N–H and O–H groups in total. The number of likely N-dealkylation sites (N-methyl/N-ethyl adjacent to an activating group) is 1. The Morgan fingerprint density at radius 3 is 2.73 bits per heavy atom. The zero-order valence-corrected chi connectivity index (χ0v) is 10.1. The molecule has 0 amide bonds. The van der Waals surface area contributed by atoms with Gasteiger partial charge in [0.25, 0.3) is 0 Å². The summed E-state index contributed by atoms with van der Waals surface area (Å²) in [4.78, 5) is 2.42. The summed E-state index contributed by atoms with van der Waals surface area (Å²) < 4.78 is 0. The molecule has 0 spiro atoms. The minimum atomic E-state index is 0.318. The van der Waals surface area contributed by atoms with E-state index in [2.05, 4.69) is 30.0 Å². The van der Waals surface area contributed by atoms with Crippen molar-refractivity contribution < 1.29 is 0 Å². The molecule has 0 aromatic carbocycles. The molecule has 1 fully saturated rings. The van der Waals surface area contributed by atoms with Crippen LogP contribution in [0.15, 0.2) is 0 Å². The van der Waals surface area contributed by atoms with Gasteiger partial charge in [-0.3, -0.25) is 4.90 Å². The van der Waals surface area contributed by atoms with E-state index < -0.39 is 0 Å². The molecule has 0 aromatic rings. The van der Waals surface area contributed by atoms with Gasteiger partial charge in [-0.2, -0.15) is 0 Å². The van der Waals surface area contributed by atoms with E-state index in [9.17, 15) is 0 Å². The van der Waals surface area contributed by atoms with E-state index in [0.717, 1.165) is 19.5 Å². The van der Waals surface area contributed by atoms with Crippen molar-refractivity contribution in [2.24, 2.45) is 0 Å². The van der Waals surface area contributed by atoms with Crippen molar-refractivity contribution in [3.63, 3.8) is 0 Å². The van der Waals surface area contributed by atoms with E-state index in [4.69, 9.17) is 6.42 Å². The molecule has 1 aliphatic rings. The molecule has 0 saturated carbocycles. The third-order valence-electron chi connectivity index (χ3n) is 3.29. The first kappa shape index (κ1) is 12.5. The quantitative estimate of drug-likeness (QED) is 0.694. The SMILES string of the molecule is C#CC(CC)N(CC)CC1CCCCN1. The van der Waals surface area contributed by atoms with Crippen molar-refractivity contribution >= 4 is 0 Å². The molecular weight excluding hydrogens is 184 g/mol. The van der Waals surface area contributed by atoms with Crippen molar-refractivity contribution in [1.82, 2.24) is 10.2 Å². The smallest absolute Gasteiger partial charge is 0.0709 e. The van der Waals surface area contributed by atoms with Crippen LogP contribution in [-0.4, -0.2) is 36.6 Å². The fraction of sp³-hybridized carbons (Fsp3) is 0.846. The lowest BCUT2D eigenvalue weighted by molar-refractivity contribution is 0.201. The van der Waals surface area contributed by atoms with E-state index in [1.807, 2.05) is 0 Å². The van der Waals surface area contributed by atoms with Gasteiger partial charge in [-0.25, -0.2) is 0 Å². The Balaban J connectivity index is 2.41. The summed E-state index contributed by atoms with van der Waals surface area (Å²) in [6.45, 7) is 7.71. The molecule has 0 radical (unpaired) electrons. The van der Waals surface area contributed by atoms with Crippen LogP contribution in [0.3, 0.4) is 0 Å². The van der Waals surface area contributed by atoms with E-state index in [0.29, 0.717) is 12.1 Å². The summed E-state index contributed by atoms with van der Waals surface area (Å²) >= 11 is 0. The lowest BCUT2D eigenvalue weighted by Crippen LogP contribution is -2.46. The van der Waals surface area contributed by atoms with Crippen LogP contribution in [0.2, 0.25) is 0 Å². The molecule has 15 heavy (non-hydrogen) atoms. The van der Waals surface area contributed by atoms with Crippen LogP contribution in [0.1, 0.15) is 39.5 Å². The highest BCUT2D eigenvalue weighted by atomic mass is 15.2. The molecule has 2 atom stereocenters. The number of terminal acetylenes is 1. The number of piperidine rings is 1. The van der Waals surface area contributed by atoms with Crippen LogP contribution in [-0.2, 0) is 0 Å². The van der Waals surface area contributed by atoms with E-state index >= 15 is 0 Å². The second kappa shape index (κ2) is 6.87. The molecule has 2 heteroatoms. The van der Waals surface area contributed by atoms with Gasteiger partial charge in [0.1, 0.15) is 0 Å². The minimum Gasteiger partial charge on any atom is -0.313 e. The summed E-state index contributed by atoms with van der Waals surface area (Å²) in [7, 11) is 0. The second-order valence-corrected chi connectivity index (χ2v) is 4.33. The zero-order chi connectivity index (χ0) is 11.1. The zero-order valence-electron chi connectivity index (χ0n) is 10.1. The molecule has 86 valence electrons. The highest BCUT2D eigenvalue weighted by Crippen LogP contribution is 2.11. The average Bonchev–Trinajstić information content (AvgIpc) is 2.30. The first-order chi connectivity index (χ1) is 7.31. The number of rotatable bonds is 5. The van der Waals surface area contributed by atoms with Crippen molar-refractivity contribution in [1.29, 1.82) is 0 Å². The van der Waals surface area contributed by atoms with Gasteiger partial charge in [-0.15, -0.1) is 6.42 Å². The maximum Gasteiger partial charge on any atom is 0.0709 e. The molecular formula is C13H24N2. The maximum absolute atomic E-state index is 5.55. The monoisotopic (exact) mass is 208 g/mol. The molecule has 1 saturated heterocycles. The predicted octanol–water partition coefficient (Wildman–Crippen LogP) is 1.86. The van der Waals surface area contributed by atoms with Gasteiger partial charge < -0.3 is 5.32 Å². The van der Waals surface area contributed by atoms with Gasteiger partial charge in [-0.1, -0.05) is 26.2 Å². The highest BCUT2D eigenvalue weighted by Gasteiger charge is 2.19. The number of hydrogen-bond donors (Lipinski definition) is 1. The van der Waals surface area contributed by atoms with Crippen LogP contribution in [0, 0.1) is 12.3 Å². The Morgan fingerprint density at radius 2 is 2.27 bits per heavy atom. The Kier molecular flexibility index (Phi) is 5.75. The van der Waals surface area contributed by atoms with Crippen LogP contribution < -0.4 is 5.32 Å². The Bertz CT molecular complexity index is 201. The Labute approximate surface area is 94.4 Å². The van der Waals surface area contributed by atoms with Crippen molar-refractivity contribution in [3.05, 3.63) is 0 Å². The van der Waals surface area contributed by atoms with Gasteiger partial charge >= 0.3 is 0 Å². The normalized spacial score (nSPS) is 23.7. The summed E-state index contributed by atoms with van der Waals surface area (Å²) in [6, 6.07) is 0.972. The Morgan fingerprint density at radius 1 is 1.47 bits per heavy atom. The molecule has 1 aliphatic heterocycles. The number of nitrogens with one attached hydrogen (secondary N) is 1. The van der Waals surface area contributed by atoms with E-state index in [1.165, 1.54) is 25.8 Å². The number of nitrogens with zero attached hydrogens (tertiary/aromatic N) is 1. The standard InChI is InChI=1S/C13H24N2/c1-4-13(5-2)15(6-3)11-12-9-7-8-10-14-12/h1,12-14H,5-11H2,2-3H3. The second-order valence-electron chi connectivity index (χ2n) is 4.33. The molecule has 2 nitrogen and oxygen atoms in total. The third-order valence-corrected chi connectivity index (χ3v) is 3.29. The van der Waals surface area contributed by atoms with Crippen molar-refractivity contribution in [2.75, 3.05) is 19.6 Å². The molecule has 2 unspecified atom stereocenters. The van der Waals surface area contributed by atoms with Gasteiger partial charge in [0.15, 0.2) is 0 Å². The highest BCUT2D eigenvalue weighted by molar-refractivity contribution is 4.99. The molecule has 0 aliphatic carbocycles. The molecule has 1 heterocycles. The molecule has 1 rings (SSSR count). The van der Waals surface area contributed by atoms with Gasteiger partial charge in [-0.05, 0) is 32.4 Å². The summed E-state index contributed by atoms with van der Waals surface area (Å²) in [5.74, 6) is 2.89. The van der Waals surface area contributed by atoms with E-state index in [-0.39, 0.29) is 0 Å². The lowest BCUT2D eigenvalue weighted by Gasteiger charge is -2.32. The number of hydrogen-bond acceptors (Lipinski definition) is 2. The van der Waals surface area contributed by atoms with Gasteiger partial charge in [0.2, 0.25) is 0 Å². The fourth-order valence-corrected chi connectivity index (χ4v) is 2.32. The Hall–Kier alpha value is -0.520. The van der Waals surface area contributed by atoms with E-state index in [1.54, 1.807) is 0 Å². The first-order valence-electron chi connectivity index (χ1n) is 6.25. The summed E-state index contributed by atoms with van der Waals surface area (Å²) in [6.07, 6.45) is 10.6. The van der Waals surface area contributed by atoms with Crippen LogP contribution in [0.4, 0.5) is 0 Å². The van der Waals surface area contributed by atoms with Gasteiger partial charge in [0.05, 0.1) is 6.04 Å². The topological polar surface area (TPSA) is 15.3 Å². The summed E-state index contributed by atoms with van der Waals surface area (Å²) in [5.41, 5.74) is 0. The largest absolute Gasteiger partial charge is 0.313 e. The lowest BCUT2D eigenvalue weighted by atomic mass is 10.0. The first-order valence-corrected chi connectivity index (χ1v) is 6.25. The van der Waals surface area contributed by atoms with Crippen LogP contribution >= 0.6 is 0 Å². The van der Waals surface area contributed by atoms with Crippen LogP contribution in [0.25, 0.3) is 0 Å². The third kappa shape index (κ3) is 3.85. The van der Waals surface area contributed by atoms with Crippen molar-refractivity contribution in [2.45, 2.75) is 51.6 Å². The van der Waals surface area contributed by atoms with Gasteiger partial charge in [0, 0.05) is 12.6 Å².